The second-order valence-corrected chi connectivity index (χ2v) is 8.22. The van der Waals surface area contributed by atoms with Crippen LogP contribution in [0.1, 0.15) is 12.8 Å². The van der Waals surface area contributed by atoms with E-state index in [2.05, 4.69) is 24.3 Å². The second-order valence-electron chi connectivity index (χ2n) is 4.82. The Morgan fingerprint density at radius 2 is 1.83 bits per heavy atom. The molecule has 1 heterocycles. The first kappa shape index (κ1) is 13.7. The summed E-state index contributed by atoms with van der Waals surface area (Å²) in [7, 11) is 1.33. The molecular weight excluding hydrogens is 244 g/mol. The quantitative estimate of drug-likeness (QED) is 0.707. The molecule has 0 atom stereocenters. The summed E-state index contributed by atoms with van der Waals surface area (Å²) in [4.78, 5) is 0. The number of ether oxygens (including phenoxy) is 1. The van der Waals surface area contributed by atoms with E-state index in [-0.39, 0.29) is 0 Å². The van der Waals surface area contributed by atoms with Crippen LogP contribution in [0.2, 0.25) is 6.04 Å². The van der Waals surface area contributed by atoms with Crippen LogP contribution >= 0.6 is 0 Å². The number of benzene rings is 1. The first-order valence-electron chi connectivity index (χ1n) is 6.54. The molecule has 2 rings (SSSR count). The highest BCUT2D eigenvalue weighted by Crippen LogP contribution is 2.22. The molecule has 0 aromatic heterocycles. The van der Waals surface area contributed by atoms with Crippen molar-refractivity contribution in [3.63, 3.8) is 0 Å². The van der Waals surface area contributed by atoms with Crippen molar-refractivity contribution < 1.29 is 13.6 Å². The van der Waals surface area contributed by atoms with Gasteiger partial charge in [0.2, 0.25) is 0 Å². The Morgan fingerprint density at radius 1 is 1.17 bits per heavy atom. The van der Waals surface area contributed by atoms with Gasteiger partial charge in [0.1, 0.15) is 0 Å². The van der Waals surface area contributed by atoms with E-state index in [0.29, 0.717) is 0 Å². The molecule has 1 fully saturated rings. The van der Waals surface area contributed by atoms with Crippen molar-refractivity contribution in [3.8, 4) is 0 Å². The summed E-state index contributed by atoms with van der Waals surface area (Å²) >= 11 is 0. The summed E-state index contributed by atoms with van der Waals surface area (Å²) in [5, 5.41) is 1.22. The molecule has 0 bridgehead atoms. The maximum Gasteiger partial charge on any atom is 0.371 e. The smallest absolute Gasteiger partial charge is 0.371 e. The van der Waals surface area contributed by atoms with E-state index in [1.54, 1.807) is 14.2 Å². The predicted octanol–water partition coefficient (Wildman–Crippen LogP) is 2.06. The van der Waals surface area contributed by atoms with E-state index < -0.39 is 8.56 Å². The Balaban J connectivity index is 1.96. The lowest BCUT2D eigenvalue weighted by Gasteiger charge is -2.30. The van der Waals surface area contributed by atoms with Gasteiger partial charge in [-0.15, -0.1) is 0 Å². The minimum absolute atomic E-state index is 0.751. The molecule has 0 N–H and O–H groups in total. The summed E-state index contributed by atoms with van der Waals surface area (Å²) < 4.78 is 16.8. The number of hydrogen-bond donors (Lipinski definition) is 0. The molecule has 0 spiro atoms. The molecule has 0 saturated carbocycles. The van der Waals surface area contributed by atoms with E-state index in [1.807, 2.05) is 6.07 Å². The number of hydrogen-bond acceptors (Lipinski definition) is 3. The fraction of sp³-hybridized carbons (Fsp3) is 0.571. The molecule has 0 amide bonds. The fourth-order valence-electron chi connectivity index (χ4n) is 2.43. The Kier molecular flexibility index (Phi) is 4.94. The van der Waals surface area contributed by atoms with E-state index in [0.717, 1.165) is 31.6 Å². The number of rotatable bonds is 7. The SMILES string of the molecule is CO[Si](CCCC1COC1)(OC)c1ccccc1. The molecule has 0 unspecified atom stereocenters. The molecule has 100 valence electrons. The van der Waals surface area contributed by atoms with Crippen LogP contribution in [-0.2, 0) is 13.6 Å². The topological polar surface area (TPSA) is 27.7 Å². The van der Waals surface area contributed by atoms with Crippen molar-refractivity contribution in [1.29, 1.82) is 0 Å². The highest BCUT2D eigenvalue weighted by atomic mass is 28.4. The first-order valence-corrected chi connectivity index (χ1v) is 8.56. The van der Waals surface area contributed by atoms with Gasteiger partial charge in [0, 0.05) is 20.1 Å². The molecule has 1 aliphatic rings. The van der Waals surface area contributed by atoms with Crippen LogP contribution in [0.25, 0.3) is 0 Å². The monoisotopic (exact) mass is 266 g/mol. The van der Waals surface area contributed by atoms with Gasteiger partial charge in [-0.25, -0.2) is 0 Å². The summed E-state index contributed by atoms with van der Waals surface area (Å²) in [6, 6.07) is 11.4. The maximum absolute atomic E-state index is 5.79. The molecule has 18 heavy (non-hydrogen) atoms. The van der Waals surface area contributed by atoms with Gasteiger partial charge in [-0.05, 0) is 17.7 Å². The highest BCUT2D eigenvalue weighted by Gasteiger charge is 2.37. The minimum atomic E-state index is -2.22. The summed E-state index contributed by atoms with van der Waals surface area (Å²) in [6.45, 7) is 1.86. The Hall–Kier alpha value is -0.683. The fourth-order valence-corrected chi connectivity index (χ4v) is 5.14. The van der Waals surface area contributed by atoms with E-state index in [4.69, 9.17) is 13.6 Å². The van der Waals surface area contributed by atoms with Crippen molar-refractivity contribution in [2.75, 3.05) is 27.4 Å². The van der Waals surface area contributed by atoms with Crippen LogP contribution in [0.15, 0.2) is 30.3 Å². The van der Waals surface area contributed by atoms with E-state index in [9.17, 15) is 0 Å². The van der Waals surface area contributed by atoms with Gasteiger partial charge in [0.25, 0.3) is 0 Å². The molecule has 0 radical (unpaired) electrons. The Labute approximate surface area is 110 Å². The molecule has 4 heteroatoms. The molecule has 3 nitrogen and oxygen atoms in total. The second kappa shape index (κ2) is 6.47. The largest absolute Gasteiger partial charge is 0.394 e. The normalized spacial score (nSPS) is 16.6. The van der Waals surface area contributed by atoms with Crippen molar-refractivity contribution in [2.24, 2.45) is 5.92 Å². The summed E-state index contributed by atoms with van der Waals surface area (Å²) in [5.74, 6) is 0.751. The van der Waals surface area contributed by atoms with Crippen LogP contribution in [0, 0.1) is 5.92 Å². The lowest BCUT2D eigenvalue weighted by Crippen LogP contribution is -2.52. The summed E-state index contributed by atoms with van der Waals surface area (Å²) in [6.07, 6.45) is 2.37. The molecular formula is C14H22O3Si. The van der Waals surface area contributed by atoms with Crippen molar-refractivity contribution in [1.82, 2.24) is 0 Å². The van der Waals surface area contributed by atoms with Gasteiger partial charge >= 0.3 is 8.56 Å². The summed E-state index contributed by atoms with van der Waals surface area (Å²) in [5.41, 5.74) is 0. The molecule has 1 aromatic rings. The van der Waals surface area contributed by atoms with Gasteiger partial charge in [-0.3, -0.25) is 0 Å². The molecule has 1 aliphatic heterocycles. The van der Waals surface area contributed by atoms with Crippen LogP contribution in [0.4, 0.5) is 0 Å². The van der Waals surface area contributed by atoms with Gasteiger partial charge in [0.05, 0.1) is 13.2 Å². The molecule has 1 saturated heterocycles. The zero-order valence-electron chi connectivity index (χ0n) is 11.2. The van der Waals surface area contributed by atoms with Crippen molar-refractivity contribution >= 4 is 13.7 Å². The zero-order valence-corrected chi connectivity index (χ0v) is 12.2. The van der Waals surface area contributed by atoms with Gasteiger partial charge < -0.3 is 13.6 Å². The zero-order chi connectivity index (χ0) is 12.8. The van der Waals surface area contributed by atoms with Crippen molar-refractivity contribution in [2.45, 2.75) is 18.9 Å². The maximum atomic E-state index is 5.79. The Bertz CT molecular complexity index is 347. The predicted molar refractivity (Wildman–Crippen MR) is 74.2 cm³/mol. The average Bonchev–Trinajstić information content (AvgIpc) is 2.39. The van der Waals surface area contributed by atoms with Gasteiger partial charge in [-0.2, -0.15) is 0 Å². The molecule has 0 aliphatic carbocycles. The first-order chi connectivity index (χ1) is 8.80. The van der Waals surface area contributed by atoms with E-state index in [1.165, 1.54) is 11.6 Å². The van der Waals surface area contributed by atoms with Crippen molar-refractivity contribution in [3.05, 3.63) is 30.3 Å². The average molecular weight is 266 g/mol. The van der Waals surface area contributed by atoms with Crippen LogP contribution < -0.4 is 5.19 Å². The third-order valence-electron chi connectivity index (χ3n) is 3.70. The van der Waals surface area contributed by atoms with Crippen LogP contribution in [0.3, 0.4) is 0 Å². The van der Waals surface area contributed by atoms with Crippen LogP contribution in [0.5, 0.6) is 0 Å². The lowest BCUT2D eigenvalue weighted by atomic mass is 10.0. The third kappa shape index (κ3) is 3.01. The molecule has 1 aromatic carbocycles. The minimum Gasteiger partial charge on any atom is -0.394 e. The van der Waals surface area contributed by atoms with Gasteiger partial charge in [0.15, 0.2) is 0 Å². The Morgan fingerprint density at radius 3 is 2.33 bits per heavy atom. The lowest BCUT2D eigenvalue weighted by molar-refractivity contribution is -0.0358. The standard InChI is InChI=1S/C14H22O3Si/c1-15-18(16-2,14-8-4-3-5-9-14)10-6-7-13-11-17-12-13/h3-5,8-9,13H,6-7,10-12H2,1-2H3. The third-order valence-corrected chi connectivity index (χ3v) is 7.24. The van der Waals surface area contributed by atoms with Crippen LogP contribution in [-0.4, -0.2) is 36.0 Å². The van der Waals surface area contributed by atoms with Gasteiger partial charge in [-0.1, -0.05) is 36.8 Å². The highest BCUT2D eigenvalue weighted by molar-refractivity contribution is 6.81. The van der Waals surface area contributed by atoms with E-state index >= 15 is 0 Å².